The molecule has 1 heterocycles. The number of methoxy groups -OCH3 is 1. The lowest BCUT2D eigenvalue weighted by molar-refractivity contribution is -0.118. The number of hydrogen-bond acceptors (Lipinski definition) is 5. The molecule has 0 aliphatic carbocycles. The molecule has 1 atom stereocenters. The molecule has 1 N–H and O–H groups in total. The molecule has 0 spiro atoms. The molecule has 0 bridgehead atoms. The van der Waals surface area contributed by atoms with Crippen LogP contribution in [0.5, 0.6) is 5.75 Å². The summed E-state index contributed by atoms with van der Waals surface area (Å²) in [6, 6.07) is 15.1. The van der Waals surface area contributed by atoms with E-state index in [1.807, 2.05) is 55.5 Å². The normalized spacial score (nSPS) is 18.9. The van der Waals surface area contributed by atoms with Gasteiger partial charge in [-0.3, -0.25) is 4.79 Å². The van der Waals surface area contributed by atoms with E-state index < -0.39 is 0 Å². The maximum atomic E-state index is 12.2. The minimum Gasteiger partial charge on any atom is -0.497 e. The van der Waals surface area contributed by atoms with Crippen LogP contribution in [0.1, 0.15) is 18.1 Å². The lowest BCUT2D eigenvalue weighted by Crippen LogP contribution is -2.25. The Bertz CT molecular complexity index is 865. The van der Waals surface area contributed by atoms with Crippen LogP contribution in [0.3, 0.4) is 0 Å². The van der Waals surface area contributed by atoms with E-state index in [0.717, 1.165) is 22.6 Å². The molecular weight excluding hydrogens is 370 g/mol. The molecule has 1 saturated heterocycles. The standard InChI is InChI=1S/C19H18ClN3O2S/c1-12(14-6-8-16(25-2)9-7-14)22-23-19-21-18(24)17(26-19)11-13-4-3-5-15(20)10-13/h3-10,17H,11H2,1-2H3,(H,21,23,24)/b22-12-. The Morgan fingerprint density at radius 3 is 2.73 bits per heavy atom. The summed E-state index contributed by atoms with van der Waals surface area (Å²) in [6.07, 6.45) is 0.595. The van der Waals surface area contributed by atoms with Crippen molar-refractivity contribution < 1.29 is 9.53 Å². The van der Waals surface area contributed by atoms with Crippen molar-refractivity contribution in [2.45, 2.75) is 18.6 Å². The van der Waals surface area contributed by atoms with Gasteiger partial charge in [-0.1, -0.05) is 35.5 Å². The molecular formula is C19H18ClN3O2S. The maximum Gasteiger partial charge on any atom is 0.239 e. The number of amidine groups is 1. The predicted octanol–water partition coefficient (Wildman–Crippen LogP) is 3.90. The third kappa shape index (κ3) is 4.65. The lowest BCUT2D eigenvalue weighted by Gasteiger charge is -2.05. The highest BCUT2D eigenvalue weighted by molar-refractivity contribution is 8.15. The number of nitrogens with one attached hydrogen (secondary N) is 1. The molecule has 0 aromatic heterocycles. The number of thioether (sulfide) groups is 1. The molecule has 7 heteroatoms. The molecule has 26 heavy (non-hydrogen) atoms. The Labute approximate surface area is 161 Å². The number of halogens is 1. The first kappa shape index (κ1) is 18.5. The first-order valence-electron chi connectivity index (χ1n) is 8.04. The van der Waals surface area contributed by atoms with Crippen LogP contribution in [-0.2, 0) is 11.2 Å². The maximum absolute atomic E-state index is 12.2. The van der Waals surface area contributed by atoms with Crippen molar-refractivity contribution in [2.75, 3.05) is 7.11 Å². The van der Waals surface area contributed by atoms with E-state index in [4.69, 9.17) is 16.3 Å². The molecule has 5 nitrogen and oxygen atoms in total. The van der Waals surface area contributed by atoms with Crippen molar-refractivity contribution in [3.8, 4) is 5.75 Å². The summed E-state index contributed by atoms with van der Waals surface area (Å²) >= 11 is 7.38. The van der Waals surface area contributed by atoms with Crippen molar-refractivity contribution in [1.82, 2.24) is 5.32 Å². The molecule has 1 unspecified atom stereocenters. The molecule has 2 aromatic carbocycles. The van der Waals surface area contributed by atoms with E-state index in [9.17, 15) is 4.79 Å². The largest absolute Gasteiger partial charge is 0.497 e. The van der Waals surface area contributed by atoms with Gasteiger partial charge in [0.25, 0.3) is 0 Å². The summed E-state index contributed by atoms with van der Waals surface area (Å²) in [6.45, 7) is 1.87. The first-order chi connectivity index (χ1) is 12.5. The smallest absolute Gasteiger partial charge is 0.239 e. The van der Waals surface area contributed by atoms with Gasteiger partial charge in [0, 0.05) is 5.02 Å². The highest BCUT2D eigenvalue weighted by Gasteiger charge is 2.30. The highest BCUT2D eigenvalue weighted by Crippen LogP contribution is 2.24. The molecule has 0 radical (unpaired) electrons. The number of rotatable bonds is 5. The van der Waals surface area contributed by atoms with Crippen LogP contribution in [-0.4, -0.2) is 29.1 Å². The summed E-state index contributed by atoms with van der Waals surface area (Å²) in [4.78, 5) is 12.2. The van der Waals surface area contributed by atoms with Gasteiger partial charge in [0.1, 0.15) is 5.75 Å². The van der Waals surface area contributed by atoms with Crippen molar-refractivity contribution in [2.24, 2.45) is 10.2 Å². The van der Waals surface area contributed by atoms with Crippen LogP contribution in [0.2, 0.25) is 5.02 Å². The van der Waals surface area contributed by atoms with E-state index in [1.165, 1.54) is 11.8 Å². The van der Waals surface area contributed by atoms with Crippen molar-refractivity contribution in [3.05, 3.63) is 64.7 Å². The van der Waals surface area contributed by atoms with E-state index in [-0.39, 0.29) is 11.2 Å². The van der Waals surface area contributed by atoms with Gasteiger partial charge >= 0.3 is 0 Å². The zero-order valence-corrected chi connectivity index (χ0v) is 16.0. The minimum atomic E-state index is -0.233. The van der Waals surface area contributed by atoms with Gasteiger partial charge in [0.05, 0.1) is 18.1 Å². The van der Waals surface area contributed by atoms with Gasteiger partial charge in [-0.05, 0) is 60.9 Å². The Morgan fingerprint density at radius 1 is 1.27 bits per heavy atom. The van der Waals surface area contributed by atoms with Crippen molar-refractivity contribution in [1.29, 1.82) is 0 Å². The number of amides is 1. The fourth-order valence-electron chi connectivity index (χ4n) is 2.47. The third-order valence-electron chi connectivity index (χ3n) is 3.89. The average molecular weight is 388 g/mol. The van der Waals surface area contributed by atoms with Gasteiger partial charge in [-0.2, -0.15) is 5.10 Å². The zero-order chi connectivity index (χ0) is 18.5. The highest BCUT2D eigenvalue weighted by atomic mass is 35.5. The Balaban J connectivity index is 1.67. The number of carbonyl (C=O) groups is 1. The second-order valence-electron chi connectivity index (χ2n) is 5.75. The lowest BCUT2D eigenvalue weighted by atomic mass is 10.1. The summed E-state index contributed by atoms with van der Waals surface area (Å²) < 4.78 is 5.14. The topological polar surface area (TPSA) is 63.1 Å². The molecule has 1 amide bonds. The number of hydrogen-bond donors (Lipinski definition) is 1. The second-order valence-corrected chi connectivity index (χ2v) is 7.38. The summed E-state index contributed by atoms with van der Waals surface area (Å²) in [5.74, 6) is 0.723. The number of nitrogens with zero attached hydrogens (tertiary/aromatic N) is 2. The van der Waals surface area contributed by atoms with Crippen LogP contribution in [0, 0.1) is 0 Å². The molecule has 3 rings (SSSR count). The molecule has 134 valence electrons. The summed E-state index contributed by atoms with van der Waals surface area (Å²) in [5.41, 5.74) is 2.72. The fraction of sp³-hybridized carbons (Fsp3) is 0.211. The van der Waals surface area contributed by atoms with Crippen LogP contribution < -0.4 is 10.1 Å². The van der Waals surface area contributed by atoms with Crippen molar-refractivity contribution >= 4 is 40.1 Å². The number of carbonyl (C=O) groups excluding carboxylic acids is 1. The zero-order valence-electron chi connectivity index (χ0n) is 14.4. The summed E-state index contributed by atoms with van der Waals surface area (Å²) in [5, 5.41) is 12.1. The molecule has 1 fully saturated rings. The van der Waals surface area contributed by atoms with E-state index >= 15 is 0 Å². The minimum absolute atomic E-state index is 0.0639. The Hall–Kier alpha value is -2.31. The molecule has 2 aromatic rings. The molecule has 1 aliphatic rings. The Kier molecular flexibility index (Phi) is 5.96. The van der Waals surface area contributed by atoms with Crippen LogP contribution >= 0.6 is 23.4 Å². The van der Waals surface area contributed by atoms with Gasteiger partial charge < -0.3 is 10.1 Å². The van der Waals surface area contributed by atoms with E-state index in [1.54, 1.807) is 7.11 Å². The van der Waals surface area contributed by atoms with Gasteiger partial charge in [0.2, 0.25) is 5.91 Å². The van der Waals surface area contributed by atoms with Gasteiger partial charge in [0.15, 0.2) is 5.17 Å². The Morgan fingerprint density at radius 2 is 2.04 bits per heavy atom. The summed E-state index contributed by atoms with van der Waals surface area (Å²) in [7, 11) is 1.63. The molecule has 1 aliphatic heterocycles. The van der Waals surface area contributed by atoms with Crippen LogP contribution in [0.15, 0.2) is 58.7 Å². The van der Waals surface area contributed by atoms with E-state index in [2.05, 4.69) is 15.5 Å². The monoisotopic (exact) mass is 387 g/mol. The first-order valence-corrected chi connectivity index (χ1v) is 9.29. The molecule has 0 saturated carbocycles. The number of ether oxygens (including phenoxy) is 1. The van der Waals surface area contributed by atoms with Crippen LogP contribution in [0.4, 0.5) is 0 Å². The fourth-order valence-corrected chi connectivity index (χ4v) is 3.65. The van der Waals surface area contributed by atoms with Gasteiger partial charge in [-0.15, -0.1) is 5.10 Å². The van der Waals surface area contributed by atoms with Gasteiger partial charge in [-0.25, -0.2) is 0 Å². The van der Waals surface area contributed by atoms with Crippen LogP contribution in [0.25, 0.3) is 0 Å². The average Bonchev–Trinajstić information content (AvgIpc) is 2.99. The third-order valence-corrected chi connectivity index (χ3v) is 5.19. The van der Waals surface area contributed by atoms with Crippen molar-refractivity contribution in [3.63, 3.8) is 0 Å². The quantitative estimate of drug-likeness (QED) is 0.625. The predicted molar refractivity (Wildman–Crippen MR) is 107 cm³/mol. The SMILES string of the molecule is COc1ccc(/C(C)=N\N=C2/NC(=O)C(Cc3cccc(Cl)c3)S2)cc1. The van der Waals surface area contributed by atoms with E-state index in [0.29, 0.717) is 16.6 Å². The number of benzene rings is 2. The second kappa shape index (κ2) is 8.38.